The summed E-state index contributed by atoms with van der Waals surface area (Å²) in [6.45, 7) is 6.29. The molecule has 0 radical (unpaired) electrons. The van der Waals surface area contributed by atoms with Gasteiger partial charge in [0, 0.05) is 39.1 Å². The van der Waals surface area contributed by atoms with E-state index >= 15 is 0 Å². The van der Waals surface area contributed by atoms with Crippen LogP contribution >= 0.6 is 0 Å². The molecule has 5 nitrogen and oxygen atoms in total. The van der Waals surface area contributed by atoms with Gasteiger partial charge in [-0.05, 0) is 12.3 Å². The molecule has 0 saturated carbocycles. The third-order valence-electron chi connectivity index (χ3n) is 4.17. The zero-order valence-corrected chi connectivity index (χ0v) is 12.0. The van der Waals surface area contributed by atoms with Crippen molar-refractivity contribution in [1.82, 2.24) is 10.2 Å². The number of hydrogen-bond acceptors (Lipinski definition) is 3. The van der Waals surface area contributed by atoms with Gasteiger partial charge in [-0.1, -0.05) is 13.8 Å². The van der Waals surface area contributed by atoms with E-state index in [-0.39, 0.29) is 23.8 Å². The van der Waals surface area contributed by atoms with Gasteiger partial charge >= 0.3 is 0 Å². The van der Waals surface area contributed by atoms with Crippen molar-refractivity contribution in [2.75, 3.05) is 26.7 Å². The predicted octanol–water partition coefficient (Wildman–Crippen LogP) is 0.642. The molecule has 0 unspecified atom stereocenters. The first kappa shape index (κ1) is 14.3. The van der Waals surface area contributed by atoms with Crippen LogP contribution in [0.2, 0.25) is 0 Å². The minimum Gasteiger partial charge on any atom is -0.378 e. The second-order valence-corrected chi connectivity index (χ2v) is 6.05. The summed E-state index contributed by atoms with van der Waals surface area (Å²) >= 11 is 0. The van der Waals surface area contributed by atoms with E-state index in [1.807, 2.05) is 0 Å². The molecule has 5 heteroatoms. The third kappa shape index (κ3) is 3.26. The lowest BCUT2D eigenvalue weighted by atomic mass is 9.93. The smallest absolute Gasteiger partial charge is 0.225 e. The van der Waals surface area contributed by atoms with Gasteiger partial charge in [-0.2, -0.15) is 0 Å². The highest BCUT2D eigenvalue weighted by Gasteiger charge is 2.34. The van der Waals surface area contributed by atoms with E-state index in [9.17, 15) is 9.59 Å². The van der Waals surface area contributed by atoms with Gasteiger partial charge in [0.15, 0.2) is 0 Å². The average molecular weight is 268 g/mol. The standard InChI is InChI=1S/C14H24N2O3/c1-9(2)13-10(4-5-19-13)7-15-14(18)11-6-12(17)16(3)8-11/h9-11,13H,4-8H2,1-3H3,(H,15,18)/t10-,11-,13-/m1/s1. The van der Waals surface area contributed by atoms with E-state index in [0.29, 0.717) is 31.3 Å². The van der Waals surface area contributed by atoms with Crippen LogP contribution in [0.5, 0.6) is 0 Å². The van der Waals surface area contributed by atoms with Crippen molar-refractivity contribution in [2.45, 2.75) is 32.8 Å². The number of hydrogen-bond donors (Lipinski definition) is 1. The minimum absolute atomic E-state index is 0.00658. The number of ether oxygens (including phenoxy) is 1. The summed E-state index contributed by atoms with van der Waals surface area (Å²) in [7, 11) is 1.75. The van der Waals surface area contributed by atoms with Crippen molar-refractivity contribution in [3.05, 3.63) is 0 Å². The van der Waals surface area contributed by atoms with E-state index < -0.39 is 0 Å². The molecule has 0 aromatic carbocycles. The van der Waals surface area contributed by atoms with Crippen LogP contribution in [0.25, 0.3) is 0 Å². The fourth-order valence-corrected chi connectivity index (χ4v) is 3.03. The molecule has 108 valence electrons. The molecule has 0 aliphatic carbocycles. The predicted molar refractivity (Wildman–Crippen MR) is 71.4 cm³/mol. The van der Waals surface area contributed by atoms with Gasteiger partial charge in [0.25, 0.3) is 0 Å². The first-order chi connectivity index (χ1) is 8.99. The van der Waals surface area contributed by atoms with E-state index in [1.165, 1.54) is 0 Å². The second kappa shape index (κ2) is 5.90. The van der Waals surface area contributed by atoms with Crippen molar-refractivity contribution < 1.29 is 14.3 Å². The average Bonchev–Trinajstić information content (AvgIpc) is 2.94. The first-order valence-electron chi connectivity index (χ1n) is 7.12. The van der Waals surface area contributed by atoms with Crippen molar-refractivity contribution in [3.8, 4) is 0 Å². The zero-order chi connectivity index (χ0) is 14.0. The maximum absolute atomic E-state index is 12.0. The molecule has 0 aromatic rings. The highest BCUT2D eigenvalue weighted by molar-refractivity contribution is 5.89. The molecular formula is C14H24N2O3. The topological polar surface area (TPSA) is 58.6 Å². The fraction of sp³-hybridized carbons (Fsp3) is 0.857. The summed E-state index contributed by atoms with van der Waals surface area (Å²) in [6, 6.07) is 0. The summed E-state index contributed by atoms with van der Waals surface area (Å²) in [5.74, 6) is 0.760. The maximum Gasteiger partial charge on any atom is 0.225 e. The first-order valence-corrected chi connectivity index (χ1v) is 7.12. The number of nitrogens with zero attached hydrogens (tertiary/aromatic N) is 1. The molecule has 0 bridgehead atoms. The normalized spacial score (nSPS) is 31.3. The van der Waals surface area contributed by atoms with Gasteiger partial charge in [-0.15, -0.1) is 0 Å². The summed E-state index contributed by atoms with van der Waals surface area (Å²) in [5.41, 5.74) is 0. The molecule has 0 aromatic heterocycles. The fourth-order valence-electron chi connectivity index (χ4n) is 3.03. The van der Waals surface area contributed by atoms with Crippen LogP contribution in [-0.4, -0.2) is 49.6 Å². The van der Waals surface area contributed by atoms with Gasteiger partial charge in [-0.25, -0.2) is 0 Å². The number of carbonyl (C=O) groups is 2. The van der Waals surface area contributed by atoms with Crippen molar-refractivity contribution in [3.63, 3.8) is 0 Å². The maximum atomic E-state index is 12.0. The number of carbonyl (C=O) groups excluding carboxylic acids is 2. The Labute approximate surface area is 114 Å². The van der Waals surface area contributed by atoms with Crippen LogP contribution in [0.1, 0.15) is 26.7 Å². The number of rotatable bonds is 4. The molecule has 2 aliphatic rings. The molecule has 2 rings (SSSR count). The quantitative estimate of drug-likeness (QED) is 0.814. The Hall–Kier alpha value is -1.10. The van der Waals surface area contributed by atoms with E-state index in [4.69, 9.17) is 4.74 Å². The van der Waals surface area contributed by atoms with Crippen molar-refractivity contribution >= 4 is 11.8 Å². The zero-order valence-electron chi connectivity index (χ0n) is 12.0. The molecule has 1 N–H and O–H groups in total. The van der Waals surface area contributed by atoms with Gasteiger partial charge in [-0.3, -0.25) is 9.59 Å². The van der Waals surface area contributed by atoms with Crippen molar-refractivity contribution in [2.24, 2.45) is 17.8 Å². The van der Waals surface area contributed by atoms with E-state index in [0.717, 1.165) is 13.0 Å². The highest BCUT2D eigenvalue weighted by atomic mass is 16.5. The van der Waals surface area contributed by atoms with Crippen LogP contribution < -0.4 is 5.32 Å². The van der Waals surface area contributed by atoms with Crippen molar-refractivity contribution in [1.29, 1.82) is 0 Å². The van der Waals surface area contributed by atoms with Crippen LogP contribution in [0.3, 0.4) is 0 Å². The lowest BCUT2D eigenvalue weighted by Crippen LogP contribution is -2.38. The Morgan fingerprint density at radius 3 is 2.84 bits per heavy atom. The van der Waals surface area contributed by atoms with Crippen LogP contribution in [0, 0.1) is 17.8 Å². The Morgan fingerprint density at radius 2 is 2.26 bits per heavy atom. The molecule has 2 fully saturated rings. The third-order valence-corrected chi connectivity index (χ3v) is 4.17. The summed E-state index contributed by atoms with van der Waals surface area (Å²) < 4.78 is 5.71. The Bertz CT molecular complexity index is 357. The molecule has 3 atom stereocenters. The number of amides is 2. The SMILES string of the molecule is CC(C)[C@H]1OCC[C@@H]1CNC(=O)[C@@H]1CC(=O)N(C)C1. The number of likely N-dealkylation sites (tertiary alicyclic amines) is 1. The monoisotopic (exact) mass is 268 g/mol. The van der Waals surface area contributed by atoms with Gasteiger partial charge in [0.1, 0.15) is 0 Å². The summed E-state index contributed by atoms with van der Waals surface area (Å²) in [6.07, 6.45) is 1.59. The Morgan fingerprint density at radius 1 is 1.53 bits per heavy atom. The Kier molecular flexibility index (Phi) is 4.45. The summed E-state index contributed by atoms with van der Waals surface area (Å²) in [5, 5.41) is 2.99. The molecule has 2 saturated heterocycles. The lowest BCUT2D eigenvalue weighted by molar-refractivity contribution is -0.128. The van der Waals surface area contributed by atoms with Gasteiger partial charge < -0.3 is 15.0 Å². The molecule has 2 amide bonds. The summed E-state index contributed by atoms with van der Waals surface area (Å²) in [4.78, 5) is 25.1. The van der Waals surface area contributed by atoms with E-state index in [1.54, 1.807) is 11.9 Å². The van der Waals surface area contributed by atoms with Crippen LogP contribution in [0.15, 0.2) is 0 Å². The Balaban J connectivity index is 1.79. The molecular weight excluding hydrogens is 244 g/mol. The van der Waals surface area contributed by atoms with Crippen LogP contribution in [-0.2, 0) is 14.3 Å². The molecule has 2 aliphatic heterocycles. The number of nitrogens with one attached hydrogen (secondary N) is 1. The molecule has 0 spiro atoms. The molecule has 19 heavy (non-hydrogen) atoms. The lowest BCUT2D eigenvalue weighted by Gasteiger charge is -2.22. The highest BCUT2D eigenvalue weighted by Crippen LogP contribution is 2.26. The van der Waals surface area contributed by atoms with Crippen LogP contribution in [0.4, 0.5) is 0 Å². The minimum atomic E-state index is -0.183. The van der Waals surface area contributed by atoms with Gasteiger partial charge in [0.05, 0.1) is 12.0 Å². The van der Waals surface area contributed by atoms with Gasteiger partial charge in [0.2, 0.25) is 11.8 Å². The molecule has 2 heterocycles. The largest absolute Gasteiger partial charge is 0.378 e. The second-order valence-electron chi connectivity index (χ2n) is 6.05. The van der Waals surface area contributed by atoms with E-state index in [2.05, 4.69) is 19.2 Å².